The Morgan fingerprint density at radius 3 is 2.71 bits per heavy atom. The van der Waals surface area contributed by atoms with Crippen molar-refractivity contribution in [3.05, 3.63) is 52.7 Å². The van der Waals surface area contributed by atoms with Gasteiger partial charge >= 0.3 is 0 Å². The summed E-state index contributed by atoms with van der Waals surface area (Å²) in [6, 6.07) is 9.98. The lowest BCUT2D eigenvalue weighted by atomic mass is 9.93. The van der Waals surface area contributed by atoms with Gasteiger partial charge in [0.05, 0.1) is 16.8 Å². The zero-order valence-electron chi connectivity index (χ0n) is 19.3. The molecule has 4 heterocycles. The highest BCUT2D eigenvalue weighted by atomic mass is 16.5. The Bertz CT molecular complexity index is 1210. The number of rotatable bonds is 4. The van der Waals surface area contributed by atoms with Crippen LogP contribution in [0.15, 0.2) is 30.3 Å². The molecule has 3 N–H and O–H groups in total. The smallest absolute Gasteiger partial charge is 0.258 e. The molecule has 178 valence electrons. The normalized spacial score (nSPS) is 19.1. The van der Waals surface area contributed by atoms with Crippen LogP contribution in [-0.4, -0.2) is 65.5 Å². The van der Waals surface area contributed by atoms with Crippen molar-refractivity contribution in [2.45, 2.75) is 32.4 Å². The molecule has 1 aromatic heterocycles. The number of amides is 1. The molecule has 0 bridgehead atoms. The fourth-order valence-electron chi connectivity index (χ4n) is 5.47. The van der Waals surface area contributed by atoms with Crippen molar-refractivity contribution in [1.82, 2.24) is 20.4 Å². The van der Waals surface area contributed by atoms with E-state index in [4.69, 9.17) is 4.74 Å². The molecule has 2 fully saturated rings. The molecule has 0 aliphatic carbocycles. The van der Waals surface area contributed by atoms with E-state index in [9.17, 15) is 9.90 Å². The Kier molecular flexibility index (Phi) is 5.63. The van der Waals surface area contributed by atoms with Crippen LogP contribution in [0.4, 0.5) is 5.69 Å². The highest BCUT2D eigenvalue weighted by molar-refractivity contribution is 6.01. The maximum absolute atomic E-state index is 13.5. The number of nitrogens with zero attached hydrogens (tertiary/aromatic N) is 3. The number of phenolic OH excluding ortho intramolecular Hbond substituents is 1. The quantitative estimate of drug-likeness (QED) is 0.553. The van der Waals surface area contributed by atoms with Crippen molar-refractivity contribution in [1.29, 1.82) is 0 Å². The van der Waals surface area contributed by atoms with Gasteiger partial charge in [-0.1, -0.05) is 6.07 Å². The van der Waals surface area contributed by atoms with E-state index in [1.807, 2.05) is 11.0 Å². The molecule has 0 spiro atoms. The average Bonchev–Trinajstić information content (AvgIpc) is 3.47. The van der Waals surface area contributed by atoms with Gasteiger partial charge in [-0.2, -0.15) is 5.10 Å². The highest BCUT2D eigenvalue weighted by Crippen LogP contribution is 2.33. The van der Waals surface area contributed by atoms with Crippen LogP contribution in [0.1, 0.15) is 40.0 Å². The number of aromatic hydroxyl groups is 1. The van der Waals surface area contributed by atoms with Gasteiger partial charge in [-0.25, -0.2) is 0 Å². The van der Waals surface area contributed by atoms with E-state index in [0.29, 0.717) is 24.6 Å². The number of hydrogen-bond donors (Lipinski definition) is 3. The van der Waals surface area contributed by atoms with Crippen LogP contribution in [-0.2, 0) is 24.2 Å². The van der Waals surface area contributed by atoms with Gasteiger partial charge in [0.2, 0.25) is 0 Å². The number of benzene rings is 2. The summed E-state index contributed by atoms with van der Waals surface area (Å²) in [5.74, 6) is 0.389. The molecule has 2 saturated heterocycles. The molecule has 1 amide bonds. The summed E-state index contributed by atoms with van der Waals surface area (Å²) in [4.78, 5) is 17.7. The summed E-state index contributed by atoms with van der Waals surface area (Å²) in [5.41, 5.74) is 5.65. The predicted molar refractivity (Wildman–Crippen MR) is 130 cm³/mol. The van der Waals surface area contributed by atoms with Crippen molar-refractivity contribution in [2.75, 3.05) is 44.3 Å². The Morgan fingerprint density at radius 1 is 1.09 bits per heavy atom. The zero-order chi connectivity index (χ0) is 23.1. The number of H-pyrrole nitrogens is 1. The number of phenols is 1. The first-order chi connectivity index (χ1) is 16.7. The van der Waals surface area contributed by atoms with Gasteiger partial charge in [0.1, 0.15) is 5.75 Å². The van der Waals surface area contributed by atoms with Crippen molar-refractivity contribution >= 4 is 22.5 Å². The minimum absolute atomic E-state index is 0.00349. The third kappa shape index (κ3) is 4.01. The largest absolute Gasteiger partial charge is 0.507 e. The second-order valence-electron chi connectivity index (χ2n) is 9.70. The van der Waals surface area contributed by atoms with E-state index in [1.165, 1.54) is 16.8 Å². The molecule has 6 rings (SSSR count). The molecule has 0 saturated carbocycles. The van der Waals surface area contributed by atoms with Crippen LogP contribution in [0.5, 0.6) is 5.75 Å². The molecule has 8 nitrogen and oxygen atoms in total. The summed E-state index contributed by atoms with van der Waals surface area (Å²) >= 11 is 0. The second kappa shape index (κ2) is 8.92. The Hall–Kier alpha value is -3.10. The second-order valence-corrected chi connectivity index (χ2v) is 9.70. The number of aromatic amines is 1. The van der Waals surface area contributed by atoms with Crippen molar-refractivity contribution in [2.24, 2.45) is 5.92 Å². The fraction of sp³-hybridized carbons (Fsp3) is 0.462. The molecular weight excluding hydrogens is 430 g/mol. The molecular formula is C26H31N5O3. The van der Waals surface area contributed by atoms with Crippen LogP contribution >= 0.6 is 0 Å². The standard InChI is InChI=1S/C26H31N5O3/c32-25-14-24-21(23(28-29-24)11-17-3-9-34-10-4-17)13-22(25)26(33)31-15-18-1-2-20(12-19(18)16-31)30-7-5-27-6-8-30/h1-2,12-14,17,27,32H,3-11,15-16H2,(H,28,29). The summed E-state index contributed by atoms with van der Waals surface area (Å²) in [6.45, 7) is 6.70. The SMILES string of the molecule is O=C(c1cc2c(CC3CCOCC3)n[nH]c2cc1O)N1Cc2ccc(N3CCNCC3)cc2C1. The predicted octanol–water partition coefficient (Wildman–Crippen LogP) is 2.80. The van der Waals surface area contributed by atoms with Gasteiger partial charge in [-0.15, -0.1) is 0 Å². The van der Waals surface area contributed by atoms with Gasteiger partial charge in [-0.3, -0.25) is 9.89 Å². The molecule has 0 atom stereocenters. The average molecular weight is 462 g/mol. The maximum Gasteiger partial charge on any atom is 0.258 e. The number of aromatic nitrogens is 2. The van der Waals surface area contributed by atoms with Crippen LogP contribution in [0.25, 0.3) is 10.9 Å². The minimum atomic E-state index is -0.141. The van der Waals surface area contributed by atoms with Gasteiger partial charge in [0.15, 0.2) is 0 Å². The lowest BCUT2D eigenvalue weighted by Gasteiger charge is -2.29. The molecule has 8 heteroatoms. The third-order valence-corrected chi connectivity index (χ3v) is 7.49. The summed E-state index contributed by atoms with van der Waals surface area (Å²) in [7, 11) is 0. The molecule has 2 aromatic carbocycles. The van der Waals surface area contributed by atoms with Crippen LogP contribution in [0.2, 0.25) is 0 Å². The Balaban J connectivity index is 1.22. The Morgan fingerprint density at radius 2 is 1.88 bits per heavy atom. The summed E-state index contributed by atoms with van der Waals surface area (Å²) < 4.78 is 5.48. The first-order valence-electron chi connectivity index (χ1n) is 12.3. The van der Waals surface area contributed by atoms with Gasteiger partial charge < -0.3 is 25.0 Å². The number of hydrogen-bond acceptors (Lipinski definition) is 6. The molecule has 0 radical (unpaired) electrons. The minimum Gasteiger partial charge on any atom is -0.507 e. The number of carbonyl (C=O) groups is 1. The number of anilines is 1. The van der Waals surface area contributed by atoms with Gasteiger partial charge in [-0.05, 0) is 54.5 Å². The van der Waals surface area contributed by atoms with E-state index in [0.717, 1.165) is 75.3 Å². The van der Waals surface area contributed by atoms with Crippen molar-refractivity contribution in [3.8, 4) is 5.75 Å². The van der Waals surface area contributed by atoms with E-state index >= 15 is 0 Å². The topological polar surface area (TPSA) is 93.7 Å². The first-order valence-corrected chi connectivity index (χ1v) is 12.3. The summed E-state index contributed by atoms with van der Waals surface area (Å²) in [6.07, 6.45) is 2.91. The summed E-state index contributed by atoms with van der Waals surface area (Å²) in [5, 5.41) is 22.5. The van der Waals surface area contributed by atoms with Crippen LogP contribution in [0, 0.1) is 5.92 Å². The zero-order valence-corrected chi connectivity index (χ0v) is 19.3. The van der Waals surface area contributed by atoms with E-state index in [-0.39, 0.29) is 11.7 Å². The Labute approximate surface area is 198 Å². The molecule has 3 aliphatic rings. The molecule has 3 aliphatic heterocycles. The lowest BCUT2D eigenvalue weighted by Crippen LogP contribution is -2.43. The van der Waals surface area contributed by atoms with E-state index in [1.54, 1.807) is 6.07 Å². The molecule has 0 unspecified atom stereocenters. The highest BCUT2D eigenvalue weighted by Gasteiger charge is 2.28. The van der Waals surface area contributed by atoms with Gasteiger partial charge in [0, 0.05) is 69.6 Å². The molecule has 34 heavy (non-hydrogen) atoms. The number of piperazine rings is 1. The third-order valence-electron chi connectivity index (χ3n) is 7.49. The fourth-order valence-corrected chi connectivity index (χ4v) is 5.47. The monoisotopic (exact) mass is 461 g/mol. The number of nitrogens with one attached hydrogen (secondary N) is 2. The van der Waals surface area contributed by atoms with E-state index < -0.39 is 0 Å². The maximum atomic E-state index is 13.5. The lowest BCUT2D eigenvalue weighted by molar-refractivity contribution is 0.0663. The van der Waals surface area contributed by atoms with Crippen LogP contribution < -0.4 is 10.2 Å². The van der Waals surface area contributed by atoms with Crippen molar-refractivity contribution in [3.63, 3.8) is 0 Å². The van der Waals surface area contributed by atoms with E-state index in [2.05, 4.69) is 38.6 Å². The number of carbonyl (C=O) groups excluding carboxylic acids is 1. The first kappa shape index (κ1) is 21.4. The number of fused-ring (bicyclic) bond motifs is 2. The van der Waals surface area contributed by atoms with Crippen molar-refractivity contribution < 1.29 is 14.6 Å². The number of ether oxygens (including phenoxy) is 1. The van der Waals surface area contributed by atoms with Gasteiger partial charge in [0.25, 0.3) is 5.91 Å². The molecule has 3 aromatic rings. The van der Waals surface area contributed by atoms with Crippen LogP contribution in [0.3, 0.4) is 0 Å².